The van der Waals surface area contributed by atoms with Gasteiger partial charge in [0.25, 0.3) is 5.91 Å². The molecule has 0 atom stereocenters. The average Bonchev–Trinajstić information content (AvgIpc) is 2.55. The van der Waals surface area contributed by atoms with Crippen molar-refractivity contribution in [1.82, 2.24) is 4.98 Å². The first-order valence-corrected chi connectivity index (χ1v) is 6.65. The molecular formula is C16H16N2O3. The lowest BCUT2D eigenvalue weighted by atomic mass is 10.3. The number of aromatic nitrogens is 1. The minimum absolute atomic E-state index is 0.258. The highest BCUT2D eigenvalue weighted by Gasteiger charge is 2.16. The fourth-order valence-corrected chi connectivity index (χ4v) is 1.89. The zero-order valence-corrected chi connectivity index (χ0v) is 11.7. The van der Waals surface area contributed by atoms with Crippen LogP contribution >= 0.6 is 0 Å². The van der Waals surface area contributed by atoms with Crippen LogP contribution in [0.15, 0.2) is 54.9 Å². The molecule has 0 bridgehead atoms. The summed E-state index contributed by atoms with van der Waals surface area (Å²) >= 11 is 0. The third-order valence-electron chi connectivity index (χ3n) is 2.93. The van der Waals surface area contributed by atoms with E-state index in [4.69, 9.17) is 4.74 Å². The lowest BCUT2D eigenvalue weighted by Gasteiger charge is -2.20. The molecule has 1 amide bonds. The summed E-state index contributed by atoms with van der Waals surface area (Å²) in [5, 5.41) is 0. The number of rotatable bonds is 5. The first kappa shape index (κ1) is 14.7. The highest BCUT2D eigenvalue weighted by atomic mass is 16.5. The van der Waals surface area contributed by atoms with Crippen LogP contribution in [0.3, 0.4) is 0 Å². The number of amides is 1. The van der Waals surface area contributed by atoms with E-state index in [1.54, 1.807) is 17.0 Å². The van der Waals surface area contributed by atoms with Crippen molar-refractivity contribution in [2.24, 2.45) is 0 Å². The fraction of sp³-hybridized carbons (Fsp3) is 0.188. The van der Waals surface area contributed by atoms with Gasteiger partial charge in [0.2, 0.25) is 0 Å². The minimum atomic E-state index is -0.533. The lowest BCUT2D eigenvalue weighted by molar-refractivity contribution is -0.121. The predicted molar refractivity (Wildman–Crippen MR) is 79.0 cm³/mol. The third kappa shape index (κ3) is 3.89. The van der Waals surface area contributed by atoms with E-state index in [0.717, 1.165) is 5.69 Å². The standard InChI is InChI=1S/C16H16N2O3/c1-2-18(14-6-4-3-5-7-14)15(19)12-21-16(20)13-8-10-17-11-9-13/h3-11H,2,12H2,1H3. The number of likely N-dealkylation sites (N-methyl/N-ethyl adjacent to an activating group) is 1. The highest BCUT2D eigenvalue weighted by Crippen LogP contribution is 2.13. The van der Waals surface area contributed by atoms with Crippen molar-refractivity contribution >= 4 is 17.6 Å². The van der Waals surface area contributed by atoms with Crippen LogP contribution in [0.1, 0.15) is 17.3 Å². The summed E-state index contributed by atoms with van der Waals surface area (Å²) in [6.45, 7) is 2.09. The van der Waals surface area contributed by atoms with Gasteiger partial charge < -0.3 is 9.64 Å². The van der Waals surface area contributed by atoms with E-state index < -0.39 is 5.97 Å². The number of esters is 1. The van der Waals surface area contributed by atoms with Gasteiger partial charge in [-0.05, 0) is 31.2 Å². The number of anilines is 1. The van der Waals surface area contributed by atoms with Crippen LogP contribution in [-0.2, 0) is 9.53 Å². The smallest absolute Gasteiger partial charge is 0.338 e. The molecule has 21 heavy (non-hydrogen) atoms. The molecule has 0 aliphatic heterocycles. The fourth-order valence-electron chi connectivity index (χ4n) is 1.89. The second-order valence-corrected chi connectivity index (χ2v) is 4.29. The van der Waals surface area contributed by atoms with Crippen molar-refractivity contribution in [3.05, 3.63) is 60.4 Å². The van der Waals surface area contributed by atoms with Gasteiger partial charge in [-0.3, -0.25) is 9.78 Å². The van der Waals surface area contributed by atoms with Crippen molar-refractivity contribution in [2.75, 3.05) is 18.1 Å². The number of pyridine rings is 1. The number of carbonyl (C=O) groups is 2. The Hall–Kier alpha value is -2.69. The molecular weight excluding hydrogens is 268 g/mol. The summed E-state index contributed by atoms with van der Waals surface area (Å²) in [7, 11) is 0. The second kappa shape index (κ2) is 7.19. The van der Waals surface area contributed by atoms with Gasteiger partial charge >= 0.3 is 5.97 Å². The van der Waals surface area contributed by atoms with Crippen LogP contribution in [-0.4, -0.2) is 30.0 Å². The molecule has 1 aromatic carbocycles. The van der Waals surface area contributed by atoms with Crippen LogP contribution in [0.5, 0.6) is 0 Å². The summed E-state index contributed by atoms with van der Waals surface area (Å²) in [6.07, 6.45) is 3.00. The number of hydrogen-bond donors (Lipinski definition) is 0. The Kier molecular flexibility index (Phi) is 5.04. The van der Waals surface area contributed by atoms with E-state index in [9.17, 15) is 9.59 Å². The highest BCUT2D eigenvalue weighted by molar-refractivity contribution is 5.97. The summed E-state index contributed by atoms with van der Waals surface area (Å²) < 4.78 is 5.04. The molecule has 0 aliphatic rings. The topological polar surface area (TPSA) is 59.5 Å². The van der Waals surface area contributed by atoms with Crippen LogP contribution in [0.25, 0.3) is 0 Å². The minimum Gasteiger partial charge on any atom is -0.452 e. The van der Waals surface area contributed by atoms with Crippen molar-refractivity contribution in [3.8, 4) is 0 Å². The van der Waals surface area contributed by atoms with E-state index in [-0.39, 0.29) is 12.5 Å². The molecule has 0 saturated carbocycles. The molecule has 2 rings (SSSR count). The van der Waals surface area contributed by atoms with Gasteiger partial charge in [0.1, 0.15) is 0 Å². The van der Waals surface area contributed by atoms with Gasteiger partial charge in [-0.1, -0.05) is 18.2 Å². The molecule has 0 N–H and O–H groups in total. The molecule has 0 saturated heterocycles. The first-order valence-electron chi connectivity index (χ1n) is 6.65. The maximum absolute atomic E-state index is 12.1. The Morgan fingerprint density at radius 1 is 1.10 bits per heavy atom. The largest absolute Gasteiger partial charge is 0.452 e. The second-order valence-electron chi connectivity index (χ2n) is 4.29. The van der Waals surface area contributed by atoms with Crippen molar-refractivity contribution in [1.29, 1.82) is 0 Å². The van der Waals surface area contributed by atoms with E-state index in [1.165, 1.54) is 12.4 Å². The number of para-hydroxylation sites is 1. The molecule has 0 spiro atoms. The Morgan fingerprint density at radius 2 is 1.76 bits per heavy atom. The predicted octanol–water partition coefficient (Wildman–Crippen LogP) is 2.29. The average molecular weight is 284 g/mol. The van der Waals surface area contributed by atoms with Gasteiger partial charge in [0, 0.05) is 24.6 Å². The summed E-state index contributed by atoms with van der Waals surface area (Å²) in [5.74, 6) is -0.791. The van der Waals surface area contributed by atoms with E-state index in [0.29, 0.717) is 12.1 Å². The van der Waals surface area contributed by atoms with Gasteiger partial charge in [0.15, 0.2) is 6.61 Å². The number of nitrogens with zero attached hydrogens (tertiary/aromatic N) is 2. The molecule has 5 nitrogen and oxygen atoms in total. The lowest BCUT2D eigenvalue weighted by Crippen LogP contribution is -2.34. The van der Waals surface area contributed by atoms with E-state index >= 15 is 0 Å². The van der Waals surface area contributed by atoms with Crippen molar-refractivity contribution < 1.29 is 14.3 Å². The summed E-state index contributed by atoms with van der Waals surface area (Å²) in [4.78, 5) is 29.3. The maximum Gasteiger partial charge on any atom is 0.338 e. The van der Waals surface area contributed by atoms with Crippen molar-refractivity contribution in [2.45, 2.75) is 6.92 Å². The molecule has 5 heteroatoms. The number of benzene rings is 1. The first-order chi connectivity index (χ1) is 10.2. The van der Waals surface area contributed by atoms with Crippen LogP contribution in [0.2, 0.25) is 0 Å². The molecule has 0 fully saturated rings. The molecule has 2 aromatic rings. The van der Waals surface area contributed by atoms with Gasteiger partial charge in [0.05, 0.1) is 5.56 Å². The Bertz CT molecular complexity index is 599. The molecule has 0 aliphatic carbocycles. The molecule has 1 aromatic heterocycles. The van der Waals surface area contributed by atoms with Crippen LogP contribution in [0.4, 0.5) is 5.69 Å². The Morgan fingerprint density at radius 3 is 2.38 bits per heavy atom. The maximum atomic E-state index is 12.1. The SMILES string of the molecule is CCN(C(=O)COC(=O)c1ccncc1)c1ccccc1. The third-order valence-corrected chi connectivity index (χ3v) is 2.93. The zero-order chi connectivity index (χ0) is 15.1. The normalized spacial score (nSPS) is 9.95. The number of carbonyl (C=O) groups excluding carboxylic acids is 2. The van der Waals surface area contributed by atoms with E-state index in [1.807, 2.05) is 37.3 Å². The van der Waals surface area contributed by atoms with Gasteiger partial charge in [-0.15, -0.1) is 0 Å². The molecule has 0 radical (unpaired) electrons. The number of ether oxygens (including phenoxy) is 1. The zero-order valence-electron chi connectivity index (χ0n) is 11.7. The molecule has 1 heterocycles. The monoisotopic (exact) mass is 284 g/mol. The quantitative estimate of drug-likeness (QED) is 0.790. The van der Waals surface area contributed by atoms with Crippen molar-refractivity contribution in [3.63, 3.8) is 0 Å². The molecule has 0 unspecified atom stereocenters. The Labute approximate surface area is 123 Å². The van der Waals surface area contributed by atoms with Gasteiger partial charge in [-0.2, -0.15) is 0 Å². The van der Waals surface area contributed by atoms with Gasteiger partial charge in [-0.25, -0.2) is 4.79 Å². The van der Waals surface area contributed by atoms with Crippen LogP contribution in [0, 0.1) is 0 Å². The van der Waals surface area contributed by atoms with Crippen LogP contribution < -0.4 is 4.90 Å². The summed E-state index contributed by atoms with van der Waals surface area (Å²) in [6, 6.07) is 12.4. The van der Waals surface area contributed by atoms with E-state index in [2.05, 4.69) is 4.98 Å². The Balaban J connectivity index is 1.96. The number of hydrogen-bond acceptors (Lipinski definition) is 4. The molecule has 108 valence electrons. The summed E-state index contributed by atoms with van der Waals surface area (Å²) in [5.41, 5.74) is 1.16.